The molecule has 0 bridgehead atoms. The molecule has 1 saturated heterocycles. The SMILES string of the molecule is C=C1C(C)=CC=C2CCC(N)C(Cc3cccc(-c4ccccc4)c3)N12. The van der Waals surface area contributed by atoms with Crippen LogP contribution in [0.4, 0.5) is 0 Å². The van der Waals surface area contributed by atoms with Crippen LogP contribution in [0.2, 0.25) is 0 Å². The van der Waals surface area contributed by atoms with Crippen molar-refractivity contribution in [2.24, 2.45) is 5.73 Å². The van der Waals surface area contributed by atoms with Gasteiger partial charge in [-0.15, -0.1) is 0 Å². The normalized spacial score (nSPS) is 22.5. The minimum absolute atomic E-state index is 0.162. The summed E-state index contributed by atoms with van der Waals surface area (Å²) in [4.78, 5) is 2.39. The molecule has 2 nitrogen and oxygen atoms in total. The molecule has 2 atom stereocenters. The molecular weight excluding hydrogens is 316 g/mol. The van der Waals surface area contributed by atoms with Gasteiger partial charge in [0.05, 0.1) is 6.04 Å². The first kappa shape index (κ1) is 16.9. The van der Waals surface area contributed by atoms with E-state index in [4.69, 9.17) is 5.73 Å². The summed E-state index contributed by atoms with van der Waals surface area (Å²) in [6.07, 6.45) is 7.42. The molecule has 0 amide bonds. The van der Waals surface area contributed by atoms with E-state index >= 15 is 0 Å². The second-order valence-corrected chi connectivity index (χ2v) is 7.36. The molecule has 2 N–H and O–H groups in total. The predicted molar refractivity (Wildman–Crippen MR) is 109 cm³/mol. The van der Waals surface area contributed by atoms with Crippen molar-refractivity contribution in [3.63, 3.8) is 0 Å². The predicted octanol–water partition coefficient (Wildman–Crippen LogP) is 5.05. The lowest BCUT2D eigenvalue weighted by Crippen LogP contribution is -2.52. The zero-order valence-corrected chi connectivity index (χ0v) is 15.4. The number of fused-ring (bicyclic) bond motifs is 1. The van der Waals surface area contributed by atoms with Crippen LogP contribution in [0.15, 0.2) is 90.3 Å². The molecule has 2 aliphatic rings. The number of hydrogen-bond acceptors (Lipinski definition) is 2. The smallest absolute Gasteiger partial charge is 0.0530 e. The number of nitrogens with zero attached hydrogens (tertiary/aromatic N) is 1. The highest BCUT2D eigenvalue weighted by molar-refractivity contribution is 5.64. The first-order chi connectivity index (χ1) is 12.6. The maximum Gasteiger partial charge on any atom is 0.0530 e. The van der Waals surface area contributed by atoms with Crippen molar-refractivity contribution in [2.75, 3.05) is 0 Å². The molecule has 2 heterocycles. The summed E-state index contributed by atoms with van der Waals surface area (Å²) in [7, 11) is 0. The fraction of sp³-hybridized carbons (Fsp3) is 0.250. The van der Waals surface area contributed by atoms with Crippen LogP contribution in [0.1, 0.15) is 25.3 Å². The van der Waals surface area contributed by atoms with Crippen molar-refractivity contribution in [2.45, 2.75) is 38.3 Å². The first-order valence-electron chi connectivity index (χ1n) is 9.39. The Kier molecular flexibility index (Phi) is 4.52. The fourth-order valence-corrected chi connectivity index (χ4v) is 4.07. The van der Waals surface area contributed by atoms with Gasteiger partial charge >= 0.3 is 0 Å². The molecule has 2 aliphatic heterocycles. The van der Waals surface area contributed by atoms with Gasteiger partial charge in [0.25, 0.3) is 0 Å². The minimum Gasteiger partial charge on any atom is -0.340 e. The van der Waals surface area contributed by atoms with Crippen LogP contribution in [0, 0.1) is 0 Å². The molecule has 2 unspecified atom stereocenters. The maximum absolute atomic E-state index is 6.56. The van der Waals surface area contributed by atoms with Crippen LogP contribution in [-0.2, 0) is 6.42 Å². The average Bonchev–Trinajstić information content (AvgIpc) is 2.68. The van der Waals surface area contributed by atoms with Gasteiger partial charge in [-0.1, -0.05) is 67.3 Å². The number of allylic oxidation sites excluding steroid dienone is 4. The van der Waals surface area contributed by atoms with Gasteiger partial charge in [-0.3, -0.25) is 0 Å². The lowest BCUT2D eigenvalue weighted by Gasteiger charge is -2.45. The monoisotopic (exact) mass is 342 g/mol. The van der Waals surface area contributed by atoms with Gasteiger partial charge in [-0.2, -0.15) is 0 Å². The molecule has 0 aromatic heterocycles. The first-order valence-corrected chi connectivity index (χ1v) is 9.39. The molecule has 132 valence electrons. The molecule has 2 aromatic carbocycles. The molecule has 0 radical (unpaired) electrons. The van der Waals surface area contributed by atoms with E-state index in [1.807, 2.05) is 0 Å². The molecule has 0 spiro atoms. The van der Waals surface area contributed by atoms with Crippen LogP contribution in [0.5, 0.6) is 0 Å². The third-order valence-electron chi connectivity index (χ3n) is 5.62. The number of hydrogen-bond donors (Lipinski definition) is 1. The molecule has 4 rings (SSSR count). The highest BCUT2D eigenvalue weighted by Gasteiger charge is 2.34. The van der Waals surface area contributed by atoms with E-state index in [0.717, 1.165) is 25.0 Å². The van der Waals surface area contributed by atoms with E-state index in [2.05, 4.69) is 85.2 Å². The van der Waals surface area contributed by atoms with Crippen molar-refractivity contribution in [1.29, 1.82) is 0 Å². The Hall–Kier alpha value is -2.58. The quantitative estimate of drug-likeness (QED) is 0.846. The van der Waals surface area contributed by atoms with E-state index in [0.29, 0.717) is 0 Å². The summed E-state index contributed by atoms with van der Waals surface area (Å²) < 4.78 is 0. The summed E-state index contributed by atoms with van der Waals surface area (Å²) in [6.45, 7) is 6.46. The Morgan fingerprint density at radius 3 is 2.62 bits per heavy atom. The van der Waals surface area contributed by atoms with E-state index in [1.54, 1.807) is 0 Å². The van der Waals surface area contributed by atoms with Gasteiger partial charge in [-0.05, 0) is 54.5 Å². The van der Waals surface area contributed by atoms with E-state index in [-0.39, 0.29) is 12.1 Å². The number of benzene rings is 2. The molecule has 1 fully saturated rings. The summed E-state index contributed by atoms with van der Waals surface area (Å²) in [5.74, 6) is 0. The summed E-state index contributed by atoms with van der Waals surface area (Å²) in [5.41, 5.74) is 14.1. The van der Waals surface area contributed by atoms with E-state index < -0.39 is 0 Å². The Bertz CT molecular complexity index is 876. The van der Waals surface area contributed by atoms with Gasteiger partial charge in [0, 0.05) is 17.4 Å². The third kappa shape index (κ3) is 3.13. The molecule has 0 aliphatic carbocycles. The number of rotatable bonds is 3. The highest BCUT2D eigenvalue weighted by atomic mass is 15.2. The van der Waals surface area contributed by atoms with Crippen LogP contribution in [0.3, 0.4) is 0 Å². The summed E-state index contributed by atoms with van der Waals surface area (Å²) >= 11 is 0. The highest BCUT2D eigenvalue weighted by Crippen LogP contribution is 2.36. The van der Waals surface area contributed by atoms with Crippen LogP contribution in [-0.4, -0.2) is 17.0 Å². The second kappa shape index (κ2) is 6.97. The zero-order valence-electron chi connectivity index (χ0n) is 15.4. The molecule has 2 aromatic rings. The Balaban J connectivity index is 1.63. The van der Waals surface area contributed by atoms with Crippen molar-refractivity contribution in [3.8, 4) is 11.1 Å². The lowest BCUT2D eigenvalue weighted by atomic mass is 9.86. The summed E-state index contributed by atoms with van der Waals surface area (Å²) in [6, 6.07) is 19.8. The van der Waals surface area contributed by atoms with Crippen molar-refractivity contribution in [1.82, 2.24) is 4.90 Å². The van der Waals surface area contributed by atoms with E-state index in [9.17, 15) is 0 Å². The van der Waals surface area contributed by atoms with Gasteiger partial charge < -0.3 is 10.6 Å². The molecule has 0 saturated carbocycles. The number of nitrogens with two attached hydrogens (primary N) is 1. The van der Waals surface area contributed by atoms with Crippen molar-refractivity contribution < 1.29 is 0 Å². The van der Waals surface area contributed by atoms with Crippen LogP contribution < -0.4 is 5.73 Å². The molecule has 2 heteroatoms. The standard InChI is InChI=1S/C24H26N2/c1-17-11-12-22-13-14-23(25)24(26(22)18(17)2)16-19-7-6-10-21(15-19)20-8-4-3-5-9-20/h3-12,15,23-24H,2,13-14,16,25H2,1H3. The largest absolute Gasteiger partial charge is 0.340 e. The fourth-order valence-electron chi connectivity index (χ4n) is 4.07. The Morgan fingerprint density at radius 1 is 1.04 bits per heavy atom. The number of piperidine rings is 1. The van der Waals surface area contributed by atoms with Gasteiger partial charge in [0.15, 0.2) is 0 Å². The van der Waals surface area contributed by atoms with E-state index in [1.165, 1.54) is 28.0 Å². The van der Waals surface area contributed by atoms with Gasteiger partial charge in [0.1, 0.15) is 0 Å². The minimum atomic E-state index is 0.162. The Labute approximate surface area is 156 Å². The maximum atomic E-state index is 6.56. The molecular formula is C24H26N2. The topological polar surface area (TPSA) is 29.3 Å². The van der Waals surface area contributed by atoms with Crippen LogP contribution >= 0.6 is 0 Å². The second-order valence-electron chi connectivity index (χ2n) is 7.36. The Morgan fingerprint density at radius 2 is 1.81 bits per heavy atom. The average molecular weight is 342 g/mol. The van der Waals surface area contributed by atoms with Crippen LogP contribution in [0.25, 0.3) is 11.1 Å². The van der Waals surface area contributed by atoms with Crippen molar-refractivity contribution in [3.05, 3.63) is 95.9 Å². The van der Waals surface area contributed by atoms with Gasteiger partial charge in [-0.25, -0.2) is 0 Å². The third-order valence-corrected chi connectivity index (χ3v) is 5.62. The molecule has 26 heavy (non-hydrogen) atoms. The van der Waals surface area contributed by atoms with Crippen molar-refractivity contribution >= 4 is 0 Å². The van der Waals surface area contributed by atoms with Gasteiger partial charge in [0.2, 0.25) is 0 Å². The lowest BCUT2D eigenvalue weighted by molar-refractivity contribution is 0.218. The zero-order chi connectivity index (χ0) is 18.1. The summed E-state index contributed by atoms with van der Waals surface area (Å²) in [5, 5.41) is 0.